The van der Waals surface area contributed by atoms with Crippen molar-refractivity contribution in [1.29, 1.82) is 0 Å². The number of thiocarbonyl (C=S) groups is 1. The zero-order valence-corrected chi connectivity index (χ0v) is 11.3. The van der Waals surface area contributed by atoms with Gasteiger partial charge in [-0.05, 0) is 6.92 Å². The van der Waals surface area contributed by atoms with Crippen LogP contribution in [-0.2, 0) is 0 Å². The molecule has 0 aliphatic rings. The Morgan fingerprint density at radius 1 is 1.44 bits per heavy atom. The Morgan fingerprint density at radius 3 is 2.89 bits per heavy atom. The van der Waals surface area contributed by atoms with Gasteiger partial charge in [-0.3, -0.25) is 0 Å². The summed E-state index contributed by atoms with van der Waals surface area (Å²) < 4.78 is 0. The summed E-state index contributed by atoms with van der Waals surface area (Å²) in [7, 11) is 1.99. The third kappa shape index (κ3) is 2.56. The van der Waals surface area contributed by atoms with Crippen LogP contribution in [0.2, 0.25) is 0 Å². The van der Waals surface area contributed by atoms with Crippen LogP contribution in [0.15, 0.2) is 30.5 Å². The first-order chi connectivity index (χ1) is 8.59. The van der Waals surface area contributed by atoms with Crippen LogP contribution in [0.4, 0.5) is 5.82 Å². The minimum Gasteiger partial charge on any atom is -0.393 e. The maximum Gasteiger partial charge on any atom is 0.159 e. The van der Waals surface area contributed by atoms with Gasteiger partial charge in [0.15, 0.2) is 5.82 Å². The average Bonchev–Trinajstić information content (AvgIpc) is 2.36. The van der Waals surface area contributed by atoms with Crippen LogP contribution in [-0.4, -0.2) is 28.3 Å². The van der Waals surface area contributed by atoms with Crippen molar-refractivity contribution in [3.05, 3.63) is 30.5 Å². The molecule has 0 aliphatic carbocycles. The average molecular weight is 260 g/mol. The number of nitrogens with two attached hydrogens (primary N) is 1. The smallest absolute Gasteiger partial charge is 0.159 e. The Morgan fingerprint density at radius 2 is 2.17 bits per heavy atom. The SMILES string of the molecule is CC(CC(N)=S)N(C)c1nncc2ccccc12. The van der Waals surface area contributed by atoms with Crippen LogP contribution >= 0.6 is 12.2 Å². The molecule has 94 valence electrons. The largest absolute Gasteiger partial charge is 0.393 e. The highest BCUT2D eigenvalue weighted by molar-refractivity contribution is 7.80. The summed E-state index contributed by atoms with van der Waals surface area (Å²) in [6.45, 7) is 2.07. The number of aromatic nitrogens is 2. The maximum absolute atomic E-state index is 5.59. The highest BCUT2D eigenvalue weighted by Crippen LogP contribution is 2.24. The third-order valence-corrected chi connectivity index (χ3v) is 3.21. The first-order valence-corrected chi connectivity index (χ1v) is 6.22. The standard InChI is InChI=1S/C13H16N4S/c1-9(7-12(14)18)17(2)13-11-6-4-3-5-10(11)8-15-16-13/h3-6,8-9H,7H2,1-2H3,(H2,14,18). The molecule has 4 nitrogen and oxygen atoms in total. The van der Waals surface area contributed by atoms with Crippen molar-refractivity contribution in [1.82, 2.24) is 10.2 Å². The Kier molecular flexibility index (Phi) is 3.72. The summed E-state index contributed by atoms with van der Waals surface area (Å²) in [5.41, 5.74) is 5.59. The lowest BCUT2D eigenvalue weighted by atomic mass is 10.1. The summed E-state index contributed by atoms with van der Waals surface area (Å²) in [4.78, 5) is 2.58. The first kappa shape index (κ1) is 12.7. The molecule has 0 fully saturated rings. The molecule has 5 heteroatoms. The molecule has 18 heavy (non-hydrogen) atoms. The van der Waals surface area contributed by atoms with E-state index in [0.717, 1.165) is 16.6 Å². The summed E-state index contributed by atoms with van der Waals surface area (Å²) in [5, 5.41) is 10.4. The highest BCUT2D eigenvalue weighted by Gasteiger charge is 2.15. The molecule has 1 atom stereocenters. The van der Waals surface area contributed by atoms with Gasteiger partial charge in [0.2, 0.25) is 0 Å². The van der Waals surface area contributed by atoms with Gasteiger partial charge in [0.1, 0.15) is 0 Å². The summed E-state index contributed by atoms with van der Waals surface area (Å²) in [5.74, 6) is 0.858. The van der Waals surface area contributed by atoms with Gasteiger partial charge in [-0.1, -0.05) is 36.5 Å². The molecule has 2 aromatic rings. The molecule has 1 heterocycles. The van der Waals surface area contributed by atoms with Crippen LogP contribution in [0.25, 0.3) is 10.8 Å². The van der Waals surface area contributed by atoms with Gasteiger partial charge in [0.05, 0.1) is 11.2 Å². The lowest BCUT2D eigenvalue weighted by molar-refractivity contribution is 0.702. The Hall–Kier alpha value is -1.75. The lowest BCUT2D eigenvalue weighted by Crippen LogP contribution is -2.33. The lowest BCUT2D eigenvalue weighted by Gasteiger charge is -2.26. The first-order valence-electron chi connectivity index (χ1n) is 5.81. The summed E-state index contributed by atoms with van der Waals surface area (Å²) in [6, 6.07) is 8.26. The third-order valence-electron chi connectivity index (χ3n) is 3.04. The van der Waals surface area contributed by atoms with Crippen molar-refractivity contribution >= 4 is 33.8 Å². The van der Waals surface area contributed by atoms with Crippen LogP contribution in [0.1, 0.15) is 13.3 Å². The fourth-order valence-corrected chi connectivity index (χ4v) is 2.15. The van der Waals surface area contributed by atoms with Crippen LogP contribution in [0.3, 0.4) is 0 Å². The van der Waals surface area contributed by atoms with E-state index in [-0.39, 0.29) is 6.04 Å². The minimum atomic E-state index is 0.197. The summed E-state index contributed by atoms with van der Waals surface area (Å²) >= 11 is 4.95. The Balaban J connectivity index is 2.38. The van der Waals surface area contributed by atoms with Crippen molar-refractivity contribution in [2.24, 2.45) is 5.73 Å². The van der Waals surface area contributed by atoms with Crippen molar-refractivity contribution in [2.75, 3.05) is 11.9 Å². The second-order valence-electron chi connectivity index (χ2n) is 4.39. The molecule has 1 aromatic heterocycles. The van der Waals surface area contributed by atoms with Gasteiger partial charge in [-0.25, -0.2) is 0 Å². The van der Waals surface area contributed by atoms with E-state index >= 15 is 0 Å². The van der Waals surface area contributed by atoms with Gasteiger partial charge in [-0.15, -0.1) is 5.10 Å². The molecule has 1 unspecified atom stereocenters. The van der Waals surface area contributed by atoms with E-state index in [1.54, 1.807) is 6.20 Å². The van der Waals surface area contributed by atoms with Crippen molar-refractivity contribution < 1.29 is 0 Å². The maximum atomic E-state index is 5.59. The number of rotatable bonds is 4. The van der Waals surface area contributed by atoms with Crippen molar-refractivity contribution in [3.63, 3.8) is 0 Å². The number of hydrogen-bond acceptors (Lipinski definition) is 4. The van der Waals surface area contributed by atoms with Gasteiger partial charge in [0, 0.05) is 30.3 Å². The van der Waals surface area contributed by atoms with Crippen LogP contribution < -0.4 is 10.6 Å². The number of fused-ring (bicyclic) bond motifs is 1. The van der Waals surface area contributed by atoms with E-state index in [1.807, 2.05) is 31.3 Å². The zero-order valence-electron chi connectivity index (χ0n) is 10.5. The topological polar surface area (TPSA) is 55.0 Å². The van der Waals surface area contributed by atoms with Gasteiger partial charge in [0.25, 0.3) is 0 Å². The predicted octanol–water partition coefficient (Wildman–Crippen LogP) is 2.13. The Labute approximate surface area is 112 Å². The van der Waals surface area contributed by atoms with E-state index in [4.69, 9.17) is 18.0 Å². The molecule has 0 aliphatic heterocycles. The molecule has 0 radical (unpaired) electrons. The molecule has 1 aromatic carbocycles. The number of nitrogens with zero attached hydrogens (tertiary/aromatic N) is 3. The second kappa shape index (κ2) is 5.27. The van der Waals surface area contributed by atoms with Gasteiger partial charge < -0.3 is 10.6 Å². The molecule has 2 N–H and O–H groups in total. The second-order valence-corrected chi connectivity index (χ2v) is 4.91. The molecule has 0 amide bonds. The van der Waals surface area contributed by atoms with E-state index in [9.17, 15) is 0 Å². The molecule has 0 saturated heterocycles. The van der Waals surface area contributed by atoms with Gasteiger partial charge >= 0.3 is 0 Å². The number of benzene rings is 1. The minimum absolute atomic E-state index is 0.197. The number of hydrogen-bond donors (Lipinski definition) is 1. The normalized spacial score (nSPS) is 12.3. The fraction of sp³-hybridized carbons (Fsp3) is 0.308. The van der Waals surface area contributed by atoms with E-state index in [0.29, 0.717) is 11.4 Å². The summed E-state index contributed by atoms with van der Waals surface area (Å²) in [6.07, 6.45) is 2.43. The van der Waals surface area contributed by atoms with Gasteiger partial charge in [-0.2, -0.15) is 5.10 Å². The zero-order chi connectivity index (χ0) is 13.1. The Bertz CT molecular complexity index is 564. The molecule has 0 saturated carbocycles. The van der Waals surface area contributed by atoms with Crippen molar-refractivity contribution in [2.45, 2.75) is 19.4 Å². The van der Waals surface area contributed by atoms with E-state index < -0.39 is 0 Å². The van der Waals surface area contributed by atoms with Crippen molar-refractivity contribution in [3.8, 4) is 0 Å². The molecule has 0 spiro atoms. The van der Waals surface area contributed by atoms with Crippen LogP contribution in [0.5, 0.6) is 0 Å². The molecule has 2 rings (SSSR count). The molecule has 0 bridgehead atoms. The molecular weight excluding hydrogens is 244 g/mol. The highest BCUT2D eigenvalue weighted by atomic mass is 32.1. The van der Waals surface area contributed by atoms with E-state index in [1.165, 1.54) is 0 Å². The molecular formula is C13H16N4S. The van der Waals surface area contributed by atoms with E-state index in [2.05, 4.69) is 22.0 Å². The fourth-order valence-electron chi connectivity index (χ4n) is 1.91. The monoisotopic (exact) mass is 260 g/mol. The number of anilines is 1. The van der Waals surface area contributed by atoms with Crippen LogP contribution in [0, 0.1) is 0 Å². The quantitative estimate of drug-likeness (QED) is 0.853. The predicted molar refractivity (Wildman–Crippen MR) is 78.8 cm³/mol.